The van der Waals surface area contributed by atoms with Crippen LogP contribution >= 0.6 is 0 Å². The van der Waals surface area contributed by atoms with Gasteiger partial charge in [0.05, 0.1) is 45.9 Å². The lowest BCUT2D eigenvalue weighted by atomic mass is 9.98. The van der Waals surface area contributed by atoms with Crippen LogP contribution in [0.2, 0.25) is 0 Å². The van der Waals surface area contributed by atoms with Gasteiger partial charge in [0, 0.05) is 5.56 Å². The van der Waals surface area contributed by atoms with Gasteiger partial charge in [-0.1, -0.05) is 54.6 Å². The molecule has 3 heterocycles. The summed E-state index contributed by atoms with van der Waals surface area (Å²) in [5.41, 5.74) is 6.05. The summed E-state index contributed by atoms with van der Waals surface area (Å²) in [4.78, 5) is 42.0. The summed E-state index contributed by atoms with van der Waals surface area (Å²) in [6, 6.07) is 18.9. The number of carbonyl (C=O) groups is 1. The Labute approximate surface area is 265 Å². The average molecular weight is 645 g/mol. The van der Waals surface area contributed by atoms with Crippen molar-refractivity contribution in [1.29, 1.82) is 0 Å². The van der Waals surface area contributed by atoms with Crippen molar-refractivity contribution < 1.29 is 32.0 Å². The number of alkyl halides is 3. The number of esters is 1. The van der Waals surface area contributed by atoms with E-state index in [-0.39, 0.29) is 41.6 Å². The van der Waals surface area contributed by atoms with Crippen LogP contribution in [0.1, 0.15) is 38.7 Å². The van der Waals surface area contributed by atoms with Gasteiger partial charge in [-0.3, -0.25) is 14.5 Å². The molecule has 1 N–H and O–H groups in total. The third kappa shape index (κ3) is 6.76. The Hall–Kier alpha value is -5.79. The van der Waals surface area contributed by atoms with E-state index in [9.17, 15) is 22.8 Å². The molecule has 0 bridgehead atoms. The van der Waals surface area contributed by atoms with Crippen molar-refractivity contribution in [2.75, 3.05) is 6.61 Å². The van der Waals surface area contributed by atoms with Crippen LogP contribution in [0.25, 0.3) is 33.5 Å². The fourth-order valence-electron chi connectivity index (χ4n) is 5.10. The zero-order valence-corrected chi connectivity index (χ0v) is 25.4. The molecule has 47 heavy (non-hydrogen) atoms. The molecule has 6 aromatic rings. The highest BCUT2D eigenvalue weighted by Crippen LogP contribution is 2.32. The first kappa shape index (κ1) is 31.2. The van der Waals surface area contributed by atoms with E-state index in [1.54, 1.807) is 50.2 Å². The molecule has 0 aliphatic rings. The Kier molecular flexibility index (Phi) is 8.33. The quantitative estimate of drug-likeness (QED) is 0.185. The number of carbonyl (C=O) groups excluding carboxylic acids is 1. The summed E-state index contributed by atoms with van der Waals surface area (Å²) in [5.74, 6) is -1.19. The molecule has 3 aromatic heterocycles. The smallest absolute Gasteiger partial charge is 0.455 e. The predicted molar refractivity (Wildman–Crippen MR) is 164 cm³/mol. The number of imidazole rings is 1. The van der Waals surface area contributed by atoms with E-state index in [2.05, 4.69) is 25.1 Å². The number of nitrogens with one attached hydrogen (secondary N) is 1. The van der Waals surface area contributed by atoms with Crippen LogP contribution in [0.3, 0.4) is 0 Å². The molecule has 0 aliphatic heterocycles. The maximum absolute atomic E-state index is 13.4. The largest absolute Gasteiger partial charge is 0.460 e. The molecule has 0 unspecified atom stereocenters. The number of fused-ring (bicyclic) bond motifs is 1. The van der Waals surface area contributed by atoms with Crippen LogP contribution in [0.5, 0.6) is 6.01 Å². The minimum absolute atomic E-state index is 0.0221. The molecule has 0 fully saturated rings. The number of H-pyrrole nitrogens is 1. The highest BCUT2D eigenvalue weighted by Gasteiger charge is 2.30. The van der Waals surface area contributed by atoms with E-state index in [4.69, 9.17) is 14.0 Å². The number of nitrogens with zero attached hydrogens (tertiary/aromatic N) is 5. The van der Waals surface area contributed by atoms with Gasteiger partial charge in [-0.2, -0.15) is 28.3 Å². The maximum Gasteiger partial charge on any atom is 0.460 e. The lowest BCUT2D eigenvalue weighted by Crippen LogP contribution is -2.21. The van der Waals surface area contributed by atoms with E-state index in [1.807, 2.05) is 31.2 Å². The molecular weight excluding hydrogens is 617 g/mol. The molecule has 14 heteroatoms. The summed E-state index contributed by atoms with van der Waals surface area (Å²) in [6.45, 7) is 3.71. The highest BCUT2D eigenvalue weighted by atomic mass is 19.4. The number of ether oxygens (including phenoxy) is 2. The Balaban J connectivity index is 1.33. The number of hydrogen-bond donors (Lipinski definition) is 1. The molecule has 240 valence electrons. The Morgan fingerprint density at radius 2 is 1.60 bits per heavy atom. The van der Waals surface area contributed by atoms with Gasteiger partial charge in [0.15, 0.2) is 12.4 Å². The van der Waals surface area contributed by atoms with Crippen molar-refractivity contribution in [2.24, 2.45) is 0 Å². The van der Waals surface area contributed by atoms with Crippen molar-refractivity contribution >= 4 is 17.0 Å². The number of benzene rings is 3. The molecule has 0 atom stereocenters. The number of aromatic nitrogens is 6. The summed E-state index contributed by atoms with van der Waals surface area (Å²) >= 11 is 0. The SMILES string of the molecule is Cc1nc(C)c(COC(=O)c2cccc3nc(OCC(F)(F)F)n(Cc4ccc(-c5ccccc5-c5nc(=O)o[nH]5)cc4)c23)nc1C. The van der Waals surface area contributed by atoms with Gasteiger partial charge >= 0.3 is 17.9 Å². The Morgan fingerprint density at radius 1 is 0.872 bits per heavy atom. The maximum atomic E-state index is 13.4. The first-order valence-corrected chi connectivity index (χ1v) is 14.4. The summed E-state index contributed by atoms with van der Waals surface area (Å²) in [5, 5.41) is 2.51. The van der Waals surface area contributed by atoms with Crippen molar-refractivity contribution in [3.8, 4) is 28.5 Å². The fourth-order valence-corrected chi connectivity index (χ4v) is 5.10. The van der Waals surface area contributed by atoms with Crippen LogP contribution in [-0.2, 0) is 17.9 Å². The Bertz CT molecular complexity index is 2150. The van der Waals surface area contributed by atoms with Gasteiger partial charge in [0.1, 0.15) is 6.61 Å². The monoisotopic (exact) mass is 644 g/mol. The molecule has 0 spiro atoms. The normalized spacial score (nSPS) is 11.6. The molecular formula is C33H27F3N6O5. The summed E-state index contributed by atoms with van der Waals surface area (Å²) < 4.78 is 56.5. The van der Waals surface area contributed by atoms with Crippen LogP contribution in [0.4, 0.5) is 13.2 Å². The second kappa shape index (κ2) is 12.5. The molecule has 6 rings (SSSR count). The number of aromatic amines is 1. The standard InChI is InChI=1S/C33H27F3N6O5/c1-18-19(2)38-27(20(3)37-18)16-45-30(43)25-9-6-10-26-28(25)42(31(39-26)46-17-33(34,35)36)15-21-11-13-22(14-12-21)23-7-4-5-8-24(23)29-40-32(44)47-41-29/h4-14H,15-17H2,1-3H3,(H,40,41,44). The van der Waals surface area contributed by atoms with Crippen molar-refractivity contribution in [3.63, 3.8) is 0 Å². The van der Waals surface area contributed by atoms with Gasteiger partial charge in [-0.25, -0.2) is 9.59 Å². The van der Waals surface area contributed by atoms with E-state index < -0.39 is 24.5 Å². The minimum atomic E-state index is -4.61. The molecule has 0 aliphatic carbocycles. The number of aryl methyl sites for hydroxylation is 3. The number of rotatable bonds is 9. The van der Waals surface area contributed by atoms with Crippen LogP contribution in [0, 0.1) is 20.8 Å². The third-order valence-corrected chi connectivity index (χ3v) is 7.46. The van der Waals surface area contributed by atoms with Gasteiger partial charge in [0.25, 0.3) is 6.01 Å². The van der Waals surface area contributed by atoms with Crippen LogP contribution in [0.15, 0.2) is 76.0 Å². The highest BCUT2D eigenvalue weighted by molar-refractivity contribution is 6.02. The first-order valence-electron chi connectivity index (χ1n) is 14.4. The van der Waals surface area contributed by atoms with Crippen LogP contribution in [-0.4, -0.2) is 48.4 Å². The predicted octanol–water partition coefficient (Wildman–Crippen LogP) is 6.11. The number of halogens is 3. The number of hydrogen-bond acceptors (Lipinski definition) is 9. The number of para-hydroxylation sites is 1. The summed E-state index contributed by atoms with van der Waals surface area (Å²) in [7, 11) is 0. The van der Waals surface area contributed by atoms with E-state index in [0.29, 0.717) is 28.2 Å². The van der Waals surface area contributed by atoms with Gasteiger partial charge in [-0.15, -0.1) is 0 Å². The summed E-state index contributed by atoms with van der Waals surface area (Å²) in [6.07, 6.45) is -4.61. The molecule has 0 amide bonds. The van der Waals surface area contributed by atoms with Crippen LogP contribution < -0.4 is 10.5 Å². The molecule has 11 nitrogen and oxygen atoms in total. The minimum Gasteiger partial charge on any atom is -0.455 e. The molecule has 0 radical (unpaired) electrons. The second-order valence-corrected chi connectivity index (χ2v) is 10.7. The fraction of sp³-hybridized carbons (Fsp3) is 0.212. The van der Waals surface area contributed by atoms with Gasteiger partial charge < -0.3 is 14.0 Å². The lowest BCUT2D eigenvalue weighted by Gasteiger charge is -2.14. The van der Waals surface area contributed by atoms with Gasteiger partial charge in [0.2, 0.25) is 0 Å². The zero-order valence-electron chi connectivity index (χ0n) is 25.4. The topological polar surface area (TPSA) is 138 Å². The van der Waals surface area contributed by atoms with E-state index >= 15 is 0 Å². The van der Waals surface area contributed by atoms with Crippen molar-refractivity contribution in [2.45, 2.75) is 40.1 Å². The second-order valence-electron chi connectivity index (χ2n) is 10.7. The first-order chi connectivity index (χ1) is 22.5. The zero-order chi connectivity index (χ0) is 33.3. The average Bonchev–Trinajstić information content (AvgIpc) is 3.64. The van der Waals surface area contributed by atoms with E-state index in [1.165, 1.54) is 10.6 Å². The van der Waals surface area contributed by atoms with Crippen molar-refractivity contribution in [3.05, 3.63) is 111 Å². The van der Waals surface area contributed by atoms with Crippen molar-refractivity contribution in [1.82, 2.24) is 29.7 Å². The third-order valence-electron chi connectivity index (χ3n) is 7.46. The van der Waals surface area contributed by atoms with Gasteiger partial charge in [-0.05, 0) is 49.6 Å². The molecule has 0 saturated carbocycles. The molecule has 3 aromatic carbocycles. The molecule has 0 saturated heterocycles. The lowest BCUT2D eigenvalue weighted by molar-refractivity contribution is -0.155. The Morgan fingerprint density at radius 3 is 2.30 bits per heavy atom. The van der Waals surface area contributed by atoms with E-state index in [0.717, 1.165) is 16.8 Å².